The van der Waals surface area contributed by atoms with Crippen LogP contribution in [0.3, 0.4) is 0 Å². The molecular formula is C35H28O9. The van der Waals surface area contributed by atoms with Crippen molar-refractivity contribution in [1.82, 2.24) is 0 Å². The van der Waals surface area contributed by atoms with Crippen LogP contribution in [0, 0.1) is 12.3 Å². The Labute approximate surface area is 254 Å². The third-order valence-electron chi connectivity index (χ3n) is 6.20. The third kappa shape index (κ3) is 8.89. The molecule has 9 heteroatoms. The Morgan fingerprint density at radius 1 is 0.545 bits per heavy atom. The van der Waals surface area contributed by atoms with Gasteiger partial charge in [0.15, 0.2) is 12.9 Å². The summed E-state index contributed by atoms with van der Waals surface area (Å²) in [7, 11) is 0. The van der Waals surface area contributed by atoms with Gasteiger partial charge in [0.2, 0.25) is 6.10 Å². The second-order valence-corrected chi connectivity index (χ2v) is 9.18. The fourth-order valence-corrected chi connectivity index (χ4v) is 3.94. The van der Waals surface area contributed by atoms with Crippen LogP contribution in [0.2, 0.25) is 0 Å². The molecule has 4 aromatic rings. The van der Waals surface area contributed by atoms with E-state index >= 15 is 0 Å². The number of hydrogen-bond acceptors (Lipinski definition) is 9. The molecule has 0 spiro atoms. The standard InChI is InChI=1S/C35H28O9/c1-2-29(43-34(38)27-19-11-5-12-20-27)31(44-35(39)28-21-13-6-14-22-28)30(23-40-32(36)25-15-7-3-8-16-25)41-24-42-33(37)26-17-9-4-10-18-26/h1,3-22,29-31H,23-24H2. The Bertz CT molecular complexity index is 1570. The molecule has 0 aliphatic heterocycles. The average Bonchev–Trinajstić information content (AvgIpc) is 3.09. The first-order valence-electron chi connectivity index (χ1n) is 13.5. The Balaban J connectivity index is 1.60. The number of benzene rings is 4. The third-order valence-corrected chi connectivity index (χ3v) is 6.20. The van der Waals surface area contributed by atoms with E-state index < -0.39 is 55.6 Å². The Morgan fingerprint density at radius 2 is 0.932 bits per heavy atom. The van der Waals surface area contributed by atoms with Crippen molar-refractivity contribution < 1.29 is 42.9 Å². The topological polar surface area (TPSA) is 114 Å². The highest BCUT2D eigenvalue weighted by atomic mass is 16.7. The lowest BCUT2D eigenvalue weighted by Gasteiger charge is -2.30. The summed E-state index contributed by atoms with van der Waals surface area (Å²) in [6, 6.07) is 32.5. The number of carbonyl (C=O) groups is 4. The van der Waals surface area contributed by atoms with Crippen LogP contribution >= 0.6 is 0 Å². The lowest BCUT2D eigenvalue weighted by Crippen LogP contribution is -2.47. The molecule has 0 aliphatic rings. The van der Waals surface area contributed by atoms with Crippen molar-refractivity contribution in [2.45, 2.75) is 18.3 Å². The van der Waals surface area contributed by atoms with Crippen LogP contribution in [0.5, 0.6) is 0 Å². The van der Waals surface area contributed by atoms with Crippen molar-refractivity contribution in [2.24, 2.45) is 0 Å². The molecule has 222 valence electrons. The molecule has 9 nitrogen and oxygen atoms in total. The van der Waals surface area contributed by atoms with Crippen LogP contribution in [0.25, 0.3) is 0 Å². The van der Waals surface area contributed by atoms with E-state index in [0.29, 0.717) is 0 Å². The highest BCUT2D eigenvalue weighted by molar-refractivity contribution is 5.91. The van der Waals surface area contributed by atoms with Crippen LogP contribution in [0.15, 0.2) is 121 Å². The Morgan fingerprint density at radius 3 is 1.36 bits per heavy atom. The van der Waals surface area contributed by atoms with Crippen molar-refractivity contribution in [3.63, 3.8) is 0 Å². The van der Waals surface area contributed by atoms with Crippen LogP contribution < -0.4 is 0 Å². The molecule has 0 N–H and O–H groups in total. The maximum Gasteiger partial charge on any atom is 0.340 e. The molecule has 4 aromatic carbocycles. The SMILES string of the molecule is C#CC(OC(=O)c1ccccc1)C(OC(=O)c1ccccc1)C(COC(=O)c1ccccc1)OCOC(=O)c1ccccc1. The highest BCUT2D eigenvalue weighted by Crippen LogP contribution is 2.19. The molecule has 0 saturated carbocycles. The van der Waals surface area contributed by atoms with Crippen molar-refractivity contribution >= 4 is 23.9 Å². The zero-order valence-corrected chi connectivity index (χ0v) is 23.4. The van der Waals surface area contributed by atoms with Crippen LogP contribution in [-0.4, -0.2) is 55.6 Å². The van der Waals surface area contributed by atoms with Crippen LogP contribution in [0.4, 0.5) is 0 Å². The van der Waals surface area contributed by atoms with Crippen LogP contribution in [-0.2, 0) is 23.7 Å². The van der Waals surface area contributed by atoms with Crippen molar-refractivity contribution in [3.05, 3.63) is 144 Å². The van der Waals surface area contributed by atoms with Gasteiger partial charge in [-0.1, -0.05) is 78.7 Å². The smallest absolute Gasteiger partial charge is 0.340 e. The molecule has 0 saturated heterocycles. The van der Waals surface area contributed by atoms with Crippen molar-refractivity contribution in [1.29, 1.82) is 0 Å². The summed E-state index contributed by atoms with van der Waals surface area (Å²) in [6.45, 7) is -1.14. The number of esters is 4. The first-order chi connectivity index (χ1) is 21.5. The molecule has 0 bridgehead atoms. The number of carbonyl (C=O) groups excluding carboxylic acids is 4. The van der Waals surface area contributed by atoms with E-state index in [4.69, 9.17) is 30.1 Å². The molecule has 0 amide bonds. The molecule has 0 radical (unpaired) electrons. The molecular weight excluding hydrogens is 564 g/mol. The molecule has 44 heavy (non-hydrogen) atoms. The van der Waals surface area contributed by atoms with E-state index in [1.807, 2.05) is 0 Å². The number of terminal acetylenes is 1. The van der Waals surface area contributed by atoms with Gasteiger partial charge in [0.1, 0.15) is 12.7 Å². The van der Waals surface area contributed by atoms with Gasteiger partial charge in [-0.25, -0.2) is 19.2 Å². The zero-order valence-electron chi connectivity index (χ0n) is 23.4. The minimum absolute atomic E-state index is 0.179. The Hall–Kier alpha value is -5.72. The average molecular weight is 593 g/mol. The van der Waals surface area contributed by atoms with E-state index in [2.05, 4.69) is 5.92 Å². The lowest BCUT2D eigenvalue weighted by atomic mass is 10.1. The van der Waals surface area contributed by atoms with Gasteiger partial charge in [-0.05, 0) is 48.5 Å². The molecule has 3 unspecified atom stereocenters. The minimum atomic E-state index is -1.50. The van der Waals surface area contributed by atoms with E-state index in [0.717, 1.165) is 0 Å². The summed E-state index contributed by atoms with van der Waals surface area (Å²) in [5.41, 5.74) is 0.904. The maximum absolute atomic E-state index is 13.2. The molecule has 0 heterocycles. The van der Waals surface area contributed by atoms with E-state index in [1.165, 1.54) is 24.3 Å². The normalized spacial score (nSPS) is 12.4. The molecule has 0 aromatic heterocycles. The predicted molar refractivity (Wildman–Crippen MR) is 158 cm³/mol. The summed E-state index contributed by atoms with van der Waals surface area (Å²) in [4.78, 5) is 51.5. The van der Waals surface area contributed by atoms with Gasteiger partial charge in [0.25, 0.3) is 0 Å². The molecule has 4 rings (SSSR count). The van der Waals surface area contributed by atoms with E-state index in [9.17, 15) is 19.2 Å². The summed E-state index contributed by atoms with van der Waals surface area (Å²) in [5.74, 6) is -0.650. The van der Waals surface area contributed by atoms with Gasteiger partial charge in [-0.15, -0.1) is 6.42 Å². The Kier molecular flexibility index (Phi) is 11.4. The maximum atomic E-state index is 13.2. The first kappa shape index (κ1) is 31.2. The van der Waals surface area contributed by atoms with Gasteiger partial charge >= 0.3 is 23.9 Å². The number of rotatable bonds is 13. The van der Waals surface area contributed by atoms with Gasteiger partial charge in [-0.2, -0.15) is 0 Å². The van der Waals surface area contributed by atoms with Crippen molar-refractivity contribution in [3.8, 4) is 12.3 Å². The van der Waals surface area contributed by atoms with Gasteiger partial charge in [-0.3, -0.25) is 0 Å². The fourth-order valence-electron chi connectivity index (χ4n) is 3.94. The minimum Gasteiger partial charge on any atom is -0.459 e. The first-order valence-corrected chi connectivity index (χ1v) is 13.5. The zero-order chi connectivity index (χ0) is 31.1. The van der Waals surface area contributed by atoms with E-state index in [-0.39, 0.29) is 22.3 Å². The van der Waals surface area contributed by atoms with Crippen LogP contribution in [0.1, 0.15) is 41.4 Å². The highest BCUT2D eigenvalue weighted by Gasteiger charge is 2.37. The van der Waals surface area contributed by atoms with E-state index in [1.54, 1.807) is 97.1 Å². The second-order valence-electron chi connectivity index (χ2n) is 9.18. The van der Waals surface area contributed by atoms with Crippen molar-refractivity contribution in [2.75, 3.05) is 13.4 Å². The molecule has 0 fully saturated rings. The monoisotopic (exact) mass is 592 g/mol. The summed E-state index contributed by atoms with van der Waals surface area (Å²) in [6.07, 6.45) is 1.44. The summed E-state index contributed by atoms with van der Waals surface area (Å²) in [5, 5.41) is 0. The predicted octanol–water partition coefficient (Wildman–Crippen LogP) is 5.13. The van der Waals surface area contributed by atoms with Gasteiger partial charge in [0, 0.05) is 0 Å². The molecule has 0 aliphatic carbocycles. The summed E-state index contributed by atoms with van der Waals surface area (Å²) < 4.78 is 27.9. The molecule has 3 atom stereocenters. The van der Waals surface area contributed by atoms with Gasteiger partial charge < -0.3 is 23.7 Å². The lowest BCUT2D eigenvalue weighted by molar-refractivity contribution is -0.141. The quantitative estimate of drug-likeness (QED) is 0.0902. The fraction of sp³-hybridized carbons (Fsp3) is 0.143. The largest absolute Gasteiger partial charge is 0.459 e. The second kappa shape index (κ2) is 16.1. The summed E-state index contributed by atoms with van der Waals surface area (Å²) >= 11 is 0. The number of ether oxygens (including phenoxy) is 5. The van der Waals surface area contributed by atoms with Gasteiger partial charge in [0.05, 0.1) is 22.3 Å². The number of hydrogen-bond donors (Lipinski definition) is 0.